The highest BCUT2D eigenvalue weighted by Crippen LogP contribution is 2.25. The van der Waals surface area contributed by atoms with Gasteiger partial charge in [-0.2, -0.15) is 0 Å². The first-order chi connectivity index (χ1) is 11.2. The molecule has 1 aromatic rings. The predicted molar refractivity (Wildman–Crippen MR) is 99.4 cm³/mol. The fourth-order valence-electron chi connectivity index (χ4n) is 3.06. The van der Waals surface area contributed by atoms with Gasteiger partial charge in [-0.05, 0) is 30.5 Å². The molecule has 2 rings (SSSR count). The van der Waals surface area contributed by atoms with Crippen molar-refractivity contribution in [3.05, 3.63) is 34.3 Å². The van der Waals surface area contributed by atoms with Crippen molar-refractivity contribution < 1.29 is 9.59 Å². The average molecular weight is 395 g/mol. The van der Waals surface area contributed by atoms with Crippen LogP contribution in [0.15, 0.2) is 28.7 Å². The van der Waals surface area contributed by atoms with E-state index >= 15 is 0 Å². The summed E-state index contributed by atoms with van der Waals surface area (Å²) in [5.41, 5.74) is 0.768. The number of carbonyl (C=O) groups is 2. The van der Waals surface area contributed by atoms with Gasteiger partial charge in [0.05, 0.1) is 0 Å². The molecule has 0 aliphatic carbocycles. The quantitative estimate of drug-likeness (QED) is 0.783. The Kier molecular flexibility index (Phi) is 6.07. The van der Waals surface area contributed by atoms with Crippen LogP contribution in [0.4, 0.5) is 0 Å². The topological polar surface area (TPSA) is 40.6 Å². The van der Waals surface area contributed by atoms with Gasteiger partial charge in [0.1, 0.15) is 0 Å². The number of nitrogens with zero attached hydrogens (tertiary/aromatic N) is 2. The Hall–Kier alpha value is -1.36. The molecule has 0 spiro atoms. The van der Waals surface area contributed by atoms with E-state index in [1.165, 1.54) is 0 Å². The largest absolute Gasteiger partial charge is 0.342 e. The van der Waals surface area contributed by atoms with Crippen molar-refractivity contribution in [2.45, 2.75) is 40.2 Å². The second kappa shape index (κ2) is 7.68. The van der Waals surface area contributed by atoms with Crippen molar-refractivity contribution in [2.24, 2.45) is 11.3 Å². The SMILES string of the molecule is CN(Cc1ccc(Br)cc1)C(=O)C1CCN(C(=O)C(C)(C)C)CC1. The molecule has 4 nitrogen and oxygen atoms in total. The number of halogens is 1. The summed E-state index contributed by atoms with van der Waals surface area (Å²) in [5, 5.41) is 0. The molecule has 24 heavy (non-hydrogen) atoms. The molecule has 1 aliphatic heterocycles. The van der Waals surface area contributed by atoms with Crippen LogP contribution in [-0.2, 0) is 16.1 Å². The van der Waals surface area contributed by atoms with Crippen LogP contribution >= 0.6 is 15.9 Å². The van der Waals surface area contributed by atoms with Crippen LogP contribution in [0.25, 0.3) is 0 Å². The molecule has 0 atom stereocenters. The Bertz CT molecular complexity index is 584. The molecule has 0 saturated carbocycles. The van der Waals surface area contributed by atoms with Gasteiger partial charge in [-0.25, -0.2) is 0 Å². The summed E-state index contributed by atoms with van der Waals surface area (Å²) >= 11 is 3.42. The van der Waals surface area contributed by atoms with Crippen LogP contribution in [0.5, 0.6) is 0 Å². The number of benzene rings is 1. The standard InChI is InChI=1S/C19H27BrN2O2/c1-19(2,3)18(24)22-11-9-15(10-12-22)17(23)21(4)13-14-5-7-16(20)8-6-14/h5-8,15H,9-13H2,1-4H3. The maximum atomic E-state index is 12.7. The summed E-state index contributed by atoms with van der Waals surface area (Å²) in [4.78, 5) is 28.7. The van der Waals surface area contributed by atoms with Crippen LogP contribution in [0.2, 0.25) is 0 Å². The lowest BCUT2D eigenvalue weighted by atomic mass is 9.90. The lowest BCUT2D eigenvalue weighted by Crippen LogP contribution is -2.46. The molecule has 0 unspecified atom stereocenters. The normalized spacial score (nSPS) is 16.1. The number of amides is 2. The minimum absolute atomic E-state index is 0.0227. The molecular formula is C19H27BrN2O2. The van der Waals surface area contributed by atoms with Crippen LogP contribution in [-0.4, -0.2) is 41.8 Å². The number of hydrogen-bond donors (Lipinski definition) is 0. The molecule has 1 aromatic carbocycles. The predicted octanol–water partition coefficient (Wildman–Crippen LogP) is 3.69. The van der Waals surface area contributed by atoms with E-state index in [4.69, 9.17) is 0 Å². The van der Waals surface area contributed by atoms with Gasteiger partial charge in [-0.1, -0.05) is 48.8 Å². The maximum absolute atomic E-state index is 12.7. The van der Waals surface area contributed by atoms with Crippen molar-refractivity contribution in [1.82, 2.24) is 9.80 Å². The summed E-state index contributed by atoms with van der Waals surface area (Å²) in [6.07, 6.45) is 1.51. The van der Waals surface area contributed by atoms with Crippen LogP contribution in [0.1, 0.15) is 39.2 Å². The smallest absolute Gasteiger partial charge is 0.227 e. The van der Waals surface area contributed by atoms with E-state index in [-0.39, 0.29) is 23.1 Å². The van der Waals surface area contributed by atoms with Crippen molar-refractivity contribution in [3.8, 4) is 0 Å². The first-order valence-corrected chi connectivity index (χ1v) is 9.26. The van der Waals surface area contributed by atoms with Gasteiger partial charge in [-0.3, -0.25) is 9.59 Å². The van der Waals surface area contributed by atoms with Gasteiger partial charge >= 0.3 is 0 Å². The molecule has 2 amide bonds. The van der Waals surface area contributed by atoms with Gasteiger partial charge in [0.25, 0.3) is 0 Å². The fraction of sp³-hybridized carbons (Fsp3) is 0.579. The zero-order valence-corrected chi connectivity index (χ0v) is 16.6. The number of carbonyl (C=O) groups excluding carboxylic acids is 2. The zero-order valence-electron chi connectivity index (χ0n) is 15.0. The van der Waals surface area contributed by atoms with Crippen molar-refractivity contribution >= 4 is 27.7 Å². The highest BCUT2D eigenvalue weighted by molar-refractivity contribution is 9.10. The Balaban J connectivity index is 1.88. The summed E-state index contributed by atoms with van der Waals surface area (Å²) in [7, 11) is 1.86. The maximum Gasteiger partial charge on any atom is 0.227 e. The first kappa shape index (κ1) is 19.0. The Morgan fingerprint density at radius 3 is 2.21 bits per heavy atom. The summed E-state index contributed by atoms with van der Waals surface area (Å²) < 4.78 is 1.04. The summed E-state index contributed by atoms with van der Waals surface area (Å²) in [6, 6.07) is 8.03. The lowest BCUT2D eigenvalue weighted by Gasteiger charge is -2.36. The summed E-state index contributed by atoms with van der Waals surface area (Å²) in [5.74, 6) is 0.381. The Morgan fingerprint density at radius 1 is 1.17 bits per heavy atom. The number of piperidine rings is 1. The van der Waals surface area contributed by atoms with E-state index in [1.807, 2.05) is 57.0 Å². The zero-order chi connectivity index (χ0) is 17.9. The molecule has 1 saturated heterocycles. The number of hydrogen-bond acceptors (Lipinski definition) is 2. The van der Waals surface area contributed by atoms with Crippen LogP contribution in [0, 0.1) is 11.3 Å². The molecule has 132 valence electrons. The lowest BCUT2D eigenvalue weighted by molar-refractivity contribution is -0.144. The molecule has 1 fully saturated rings. The highest BCUT2D eigenvalue weighted by Gasteiger charge is 2.33. The monoisotopic (exact) mass is 394 g/mol. The summed E-state index contributed by atoms with van der Waals surface area (Å²) in [6.45, 7) is 7.81. The highest BCUT2D eigenvalue weighted by atomic mass is 79.9. The third-order valence-electron chi connectivity index (χ3n) is 4.48. The van der Waals surface area contributed by atoms with Crippen LogP contribution < -0.4 is 0 Å². The molecule has 0 aromatic heterocycles. The van der Waals surface area contributed by atoms with E-state index in [9.17, 15) is 9.59 Å². The molecule has 1 heterocycles. The fourth-order valence-corrected chi connectivity index (χ4v) is 3.32. The van der Waals surface area contributed by atoms with Crippen molar-refractivity contribution in [3.63, 3.8) is 0 Å². The van der Waals surface area contributed by atoms with Crippen LogP contribution in [0.3, 0.4) is 0 Å². The molecular weight excluding hydrogens is 368 g/mol. The third kappa shape index (κ3) is 4.82. The first-order valence-electron chi connectivity index (χ1n) is 8.47. The van der Waals surface area contributed by atoms with Crippen molar-refractivity contribution in [2.75, 3.05) is 20.1 Å². The Morgan fingerprint density at radius 2 is 1.71 bits per heavy atom. The number of likely N-dealkylation sites (tertiary alicyclic amines) is 1. The average Bonchev–Trinajstić information content (AvgIpc) is 2.55. The minimum Gasteiger partial charge on any atom is -0.342 e. The molecule has 0 bridgehead atoms. The third-order valence-corrected chi connectivity index (χ3v) is 5.01. The minimum atomic E-state index is -0.352. The molecule has 0 radical (unpaired) electrons. The van der Waals surface area contributed by atoms with E-state index in [0.29, 0.717) is 19.6 Å². The van der Waals surface area contributed by atoms with Gasteiger partial charge < -0.3 is 9.80 Å². The second-order valence-corrected chi connectivity index (χ2v) is 8.55. The van der Waals surface area contributed by atoms with Gasteiger partial charge in [-0.15, -0.1) is 0 Å². The van der Waals surface area contributed by atoms with E-state index < -0.39 is 0 Å². The molecule has 5 heteroatoms. The number of rotatable bonds is 3. The van der Waals surface area contributed by atoms with E-state index in [2.05, 4.69) is 15.9 Å². The van der Waals surface area contributed by atoms with Gasteiger partial charge in [0.15, 0.2) is 0 Å². The van der Waals surface area contributed by atoms with E-state index in [1.54, 1.807) is 4.90 Å². The molecule has 0 N–H and O–H groups in total. The van der Waals surface area contributed by atoms with E-state index in [0.717, 1.165) is 22.9 Å². The molecule has 1 aliphatic rings. The van der Waals surface area contributed by atoms with Crippen molar-refractivity contribution in [1.29, 1.82) is 0 Å². The van der Waals surface area contributed by atoms with Gasteiger partial charge in [0, 0.05) is 42.5 Å². The van der Waals surface area contributed by atoms with Gasteiger partial charge in [0.2, 0.25) is 11.8 Å². The second-order valence-electron chi connectivity index (χ2n) is 7.64. The Labute approximate surface area is 153 Å².